The fourth-order valence-corrected chi connectivity index (χ4v) is 3.25. The molecule has 154 valence electrons. The van der Waals surface area contributed by atoms with Crippen LogP contribution in [0, 0.1) is 0 Å². The van der Waals surface area contributed by atoms with Gasteiger partial charge in [-0.1, -0.05) is 48.0 Å². The third kappa shape index (κ3) is 5.69. The molecular formula is C24H24ClN3O2. The Morgan fingerprint density at radius 3 is 2.17 bits per heavy atom. The Labute approximate surface area is 181 Å². The Morgan fingerprint density at radius 2 is 1.53 bits per heavy atom. The van der Waals surface area contributed by atoms with Crippen LogP contribution in [0.5, 0.6) is 0 Å². The number of hydrogen-bond donors (Lipinski definition) is 2. The Hall–Kier alpha value is -3.15. The lowest BCUT2D eigenvalue weighted by molar-refractivity contribution is 0.0742. The van der Waals surface area contributed by atoms with Crippen molar-refractivity contribution in [3.8, 4) is 0 Å². The van der Waals surface area contributed by atoms with Crippen LogP contribution in [0.25, 0.3) is 0 Å². The highest BCUT2D eigenvalue weighted by Gasteiger charge is 2.17. The quantitative estimate of drug-likeness (QED) is 0.558. The zero-order chi connectivity index (χ0) is 21.3. The number of anilines is 1. The molecule has 0 aromatic heterocycles. The van der Waals surface area contributed by atoms with Crippen molar-refractivity contribution >= 4 is 29.1 Å². The molecule has 0 saturated heterocycles. The topological polar surface area (TPSA) is 75.4 Å². The number of amides is 2. The highest BCUT2D eigenvalue weighted by molar-refractivity contribution is 6.31. The molecule has 0 aliphatic rings. The molecule has 0 bridgehead atoms. The van der Waals surface area contributed by atoms with Gasteiger partial charge in [-0.3, -0.25) is 9.59 Å². The number of carbonyl (C=O) groups is 2. The van der Waals surface area contributed by atoms with Gasteiger partial charge in [0.05, 0.1) is 0 Å². The van der Waals surface area contributed by atoms with E-state index < -0.39 is 0 Å². The SMILES string of the molecule is NCCCN(Cc1cc(NC(=O)c2ccccc2)ccc1Cl)C(=O)c1ccccc1. The van der Waals surface area contributed by atoms with E-state index in [1.165, 1.54) is 0 Å². The van der Waals surface area contributed by atoms with Gasteiger partial charge in [0.25, 0.3) is 11.8 Å². The Bertz CT molecular complexity index is 994. The minimum Gasteiger partial charge on any atom is -0.334 e. The maximum atomic E-state index is 13.0. The molecular weight excluding hydrogens is 398 g/mol. The zero-order valence-corrected chi connectivity index (χ0v) is 17.3. The number of rotatable bonds is 8. The highest BCUT2D eigenvalue weighted by Crippen LogP contribution is 2.23. The summed E-state index contributed by atoms with van der Waals surface area (Å²) in [5.74, 6) is -0.289. The molecule has 0 spiro atoms. The van der Waals surface area contributed by atoms with E-state index in [4.69, 9.17) is 17.3 Å². The largest absolute Gasteiger partial charge is 0.334 e. The lowest BCUT2D eigenvalue weighted by Gasteiger charge is -2.24. The van der Waals surface area contributed by atoms with Crippen LogP contribution in [-0.2, 0) is 6.54 Å². The number of nitrogens with zero attached hydrogens (tertiary/aromatic N) is 1. The van der Waals surface area contributed by atoms with E-state index in [9.17, 15) is 9.59 Å². The van der Waals surface area contributed by atoms with Crippen LogP contribution in [0.1, 0.15) is 32.7 Å². The molecule has 30 heavy (non-hydrogen) atoms. The summed E-state index contributed by atoms with van der Waals surface area (Å²) in [5, 5.41) is 3.42. The first-order valence-electron chi connectivity index (χ1n) is 9.77. The normalized spacial score (nSPS) is 10.5. The summed E-state index contributed by atoms with van der Waals surface area (Å²) in [4.78, 5) is 27.2. The molecule has 0 fully saturated rings. The van der Waals surface area contributed by atoms with E-state index in [1.54, 1.807) is 47.4 Å². The minimum atomic E-state index is -0.204. The van der Waals surface area contributed by atoms with E-state index in [-0.39, 0.29) is 11.8 Å². The van der Waals surface area contributed by atoms with Crippen molar-refractivity contribution in [1.29, 1.82) is 0 Å². The maximum absolute atomic E-state index is 13.0. The summed E-state index contributed by atoms with van der Waals surface area (Å²) in [5.41, 5.74) is 8.21. The second kappa shape index (κ2) is 10.6. The Balaban J connectivity index is 1.79. The average molecular weight is 422 g/mol. The number of nitrogens with one attached hydrogen (secondary N) is 1. The standard InChI is InChI=1S/C24H24ClN3O2/c25-22-13-12-21(27-23(29)18-8-3-1-4-9-18)16-20(22)17-28(15-7-14-26)24(30)19-10-5-2-6-11-19/h1-6,8-13,16H,7,14-15,17,26H2,(H,27,29). The first-order valence-corrected chi connectivity index (χ1v) is 10.2. The van der Waals surface area contributed by atoms with Gasteiger partial charge < -0.3 is 16.0 Å². The second-order valence-corrected chi connectivity index (χ2v) is 7.27. The molecule has 6 heteroatoms. The molecule has 0 aliphatic heterocycles. The third-order valence-corrected chi connectivity index (χ3v) is 5.01. The van der Waals surface area contributed by atoms with Crippen LogP contribution in [0.3, 0.4) is 0 Å². The second-order valence-electron chi connectivity index (χ2n) is 6.86. The number of nitrogens with two attached hydrogens (primary N) is 1. The van der Waals surface area contributed by atoms with Gasteiger partial charge in [0, 0.05) is 34.9 Å². The predicted octanol–water partition coefficient (Wildman–Crippen LogP) is 4.58. The van der Waals surface area contributed by atoms with Gasteiger partial charge in [-0.2, -0.15) is 0 Å². The van der Waals surface area contributed by atoms with Gasteiger partial charge in [-0.05, 0) is 61.0 Å². The predicted molar refractivity (Wildman–Crippen MR) is 121 cm³/mol. The Kier molecular flexibility index (Phi) is 7.60. The number of halogens is 1. The van der Waals surface area contributed by atoms with Crippen LogP contribution in [0.15, 0.2) is 78.9 Å². The first kappa shape index (κ1) is 21.6. The smallest absolute Gasteiger partial charge is 0.255 e. The molecule has 5 nitrogen and oxygen atoms in total. The number of carbonyl (C=O) groups excluding carboxylic acids is 2. The van der Waals surface area contributed by atoms with Gasteiger partial charge in [0.15, 0.2) is 0 Å². The summed E-state index contributed by atoms with van der Waals surface area (Å²) in [6.45, 7) is 1.32. The van der Waals surface area contributed by atoms with Crippen molar-refractivity contribution in [3.05, 3.63) is 101 Å². The van der Waals surface area contributed by atoms with Gasteiger partial charge >= 0.3 is 0 Å². The van der Waals surface area contributed by atoms with Gasteiger partial charge in [-0.25, -0.2) is 0 Å². The monoisotopic (exact) mass is 421 g/mol. The molecule has 3 aromatic rings. The van der Waals surface area contributed by atoms with E-state index >= 15 is 0 Å². The van der Waals surface area contributed by atoms with Crippen LogP contribution < -0.4 is 11.1 Å². The van der Waals surface area contributed by atoms with Gasteiger partial charge in [0.2, 0.25) is 0 Å². The Morgan fingerprint density at radius 1 is 0.900 bits per heavy atom. The van der Waals surface area contributed by atoms with Crippen molar-refractivity contribution in [2.45, 2.75) is 13.0 Å². The first-order chi connectivity index (χ1) is 14.6. The van der Waals surface area contributed by atoms with Gasteiger partial charge in [-0.15, -0.1) is 0 Å². The fraction of sp³-hybridized carbons (Fsp3) is 0.167. The molecule has 0 heterocycles. The van der Waals surface area contributed by atoms with Crippen LogP contribution in [-0.4, -0.2) is 29.8 Å². The molecule has 0 radical (unpaired) electrons. The van der Waals surface area contributed by atoms with Crippen LogP contribution >= 0.6 is 11.6 Å². The molecule has 3 aromatic carbocycles. The molecule has 0 unspecified atom stereocenters. The van der Waals surface area contributed by atoms with E-state index in [0.29, 0.717) is 47.9 Å². The van der Waals surface area contributed by atoms with Crippen molar-refractivity contribution in [2.24, 2.45) is 5.73 Å². The maximum Gasteiger partial charge on any atom is 0.255 e. The van der Waals surface area contributed by atoms with Crippen LogP contribution in [0.2, 0.25) is 5.02 Å². The fourth-order valence-electron chi connectivity index (χ4n) is 3.07. The van der Waals surface area contributed by atoms with Crippen molar-refractivity contribution < 1.29 is 9.59 Å². The molecule has 0 atom stereocenters. The lowest BCUT2D eigenvalue weighted by atomic mass is 10.1. The number of benzene rings is 3. The molecule has 0 saturated carbocycles. The molecule has 2 amide bonds. The summed E-state index contributed by atoms with van der Waals surface area (Å²) >= 11 is 6.40. The summed E-state index contributed by atoms with van der Waals surface area (Å²) < 4.78 is 0. The molecule has 3 N–H and O–H groups in total. The average Bonchev–Trinajstić information content (AvgIpc) is 2.79. The highest BCUT2D eigenvalue weighted by atomic mass is 35.5. The summed E-state index contributed by atoms with van der Waals surface area (Å²) in [6.07, 6.45) is 0.681. The third-order valence-electron chi connectivity index (χ3n) is 4.64. The summed E-state index contributed by atoms with van der Waals surface area (Å²) in [7, 11) is 0. The zero-order valence-electron chi connectivity index (χ0n) is 16.6. The van der Waals surface area contributed by atoms with E-state index in [0.717, 1.165) is 5.56 Å². The molecule has 3 rings (SSSR count). The lowest BCUT2D eigenvalue weighted by Crippen LogP contribution is -2.32. The number of hydrogen-bond acceptors (Lipinski definition) is 3. The van der Waals surface area contributed by atoms with Gasteiger partial charge in [0.1, 0.15) is 0 Å². The van der Waals surface area contributed by atoms with Crippen molar-refractivity contribution in [2.75, 3.05) is 18.4 Å². The van der Waals surface area contributed by atoms with E-state index in [2.05, 4.69) is 5.32 Å². The van der Waals surface area contributed by atoms with Crippen molar-refractivity contribution in [1.82, 2.24) is 4.90 Å². The minimum absolute atomic E-state index is 0.0844. The summed E-state index contributed by atoms with van der Waals surface area (Å²) in [6, 6.07) is 23.4. The molecule has 0 aliphatic carbocycles. The van der Waals surface area contributed by atoms with Crippen molar-refractivity contribution in [3.63, 3.8) is 0 Å². The van der Waals surface area contributed by atoms with E-state index in [1.807, 2.05) is 36.4 Å². The van der Waals surface area contributed by atoms with Crippen LogP contribution in [0.4, 0.5) is 5.69 Å².